The summed E-state index contributed by atoms with van der Waals surface area (Å²) in [6, 6.07) is 15.0. The largest absolute Gasteiger partial charge is 0.497 e. The quantitative estimate of drug-likeness (QED) is 0.639. The predicted octanol–water partition coefficient (Wildman–Crippen LogP) is 3.69. The highest BCUT2D eigenvalue weighted by Gasteiger charge is 2.12. The number of carbonyl (C=O) groups is 1. The van der Waals surface area contributed by atoms with Gasteiger partial charge in [0.05, 0.1) is 17.7 Å². The fourth-order valence-corrected chi connectivity index (χ4v) is 2.80. The minimum absolute atomic E-state index is 0.0598. The van der Waals surface area contributed by atoms with Crippen LogP contribution in [0.5, 0.6) is 5.75 Å². The van der Waals surface area contributed by atoms with Crippen molar-refractivity contribution >= 4 is 17.5 Å². The van der Waals surface area contributed by atoms with E-state index in [1.54, 1.807) is 13.2 Å². The second kappa shape index (κ2) is 9.19. The summed E-state index contributed by atoms with van der Waals surface area (Å²) in [4.78, 5) is 12.0. The summed E-state index contributed by atoms with van der Waals surface area (Å²) in [5.41, 5.74) is 1.79. The first-order valence-electron chi connectivity index (χ1n) is 8.62. The van der Waals surface area contributed by atoms with Gasteiger partial charge in [0, 0.05) is 19.4 Å². The average molecular weight is 386 g/mol. The molecule has 1 amide bonds. The van der Waals surface area contributed by atoms with Crippen molar-refractivity contribution in [2.45, 2.75) is 19.3 Å². The maximum atomic E-state index is 12.0. The number of hydrogen-bond acceptors (Lipinski definition) is 5. The molecule has 2 aromatic carbocycles. The Morgan fingerprint density at radius 1 is 1.15 bits per heavy atom. The Labute approximate surface area is 162 Å². The molecule has 0 aliphatic rings. The molecule has 1 heterocycles. The molecule has 0 aliphatic carbocycles. The summed E-state index contributed by atoms with van der Waals surface area (Å²) in [7, 11) is 1.63. The van der Waals surface area contributed by atoms with Crippen LogP contribution in [0.3, 0.4) is 0 Å². The van der Waals surface area contributed by atoms with Crippen molar-refractivity contribution in [3.8, 4) is 17.2 Å². The van der Waals surface area contributed by atoms with Crippen molar-refractivity contribution < 1.29 is 13.9 Å². The highest BCUT2D eigenvalue weighted by Crippen LogP contribution is 2.26. The monoisotopic (exact) mass is 385 g/mol. The molecule has 1 N–H and O–H groups in total. The lowest BCUT2D eigenvalue weighted by atomic mass is 10.1. The zero-order chi connectivity index (χ0) is 19.1. The lowest BCUT2D eigenvalue weighted by Crippen LogP contribution is -2.25. The number of aromatic nitrogens is 2. The molecule has 0 atom stereocenters. The van der Waals surface area contributed by atoms with Gasteiger partial charge in [0.1, 0.15) is 5.75 Å². The van der Waals surface area contributed by atoms with Gasteiger partial charge in [-0.25, -0.2) is 0 Å². The van der Waals surface area contributed by atoms with Crippen LogP contribution in [0.1, 0.15) is 17.9 Å². The molecular formula is C20H20ClN3O3. The van der Waals surface area contributed by atoms with E-state index in [1.807, 2.05) is 42.5 Å². The van der Waals surface area contributed by atoms with Gasteiger partial charge in [0.25, 0.3) is 0 Å². The number of carbonyl (C=O) groups excluding carboxylic acids is 1. The van der Waals surface area contributed by atoms with Gasteiger partial charge in [0.15, 0.2) is 0 Å². The fourth-order valence-electron chi connectivity index (χ4n) is 2.58. The number of methoxy groups -OCH3 is 1. The number of benzene rings is 2. The minimum atomic E-state index is -0.0598. The molecule has 0 unspecified atom stereocenters. The molecule has 0 spiro atoms. The third-order valence-corrected chi connectivity index (χ3v) is 4.34. The van der Waals surface area contributed by atoms with E-state index in [2.05, 4.69) is 15.5 Å². The number of halogens is 1. The Morgan fingerprint density at radius 3 is 2.81 bits per heavy atom. The first-order valence-corrected chi connectivity index (χ1v) is 9.00. The van der Waals surface area contributed by atoms with Crippen LogP contribution in [0.15, 0.2) is 52.9 Å². The van der Waals surface area contributed by atoms with E-state index >= 15 is 0 Å². The summed E-state index contributed by atoms with van der Waals surface area (Å²) >= 11 is 6.12. The van der Waals surface area contributed by atoms with Crippen LogP contribution in [-0.2, 0) is 17.6 Å². The minimum Gasteiger partial charge on any atom is -0.497 e. The van der Waals surface area contributed by atoms with Crippen LogP contribution < -0.4 is 10.1 Å². The molecule has 0 aliphatic heterocycles. The Bertz CT molecular complexity index is 911. The molecule has 0 radical (unpaired) electrons. The summed E-state index contributed by atoms with van der Waals surface area (Å²) in [5, 5.41) is 11.4. The van der Waals surface area contributed by atoms with E-state index in [0.29, 0.717) is 35.3 Å². The molecule has 7 heteroatoms. The van der Waals surface area contributed by atoms with Gasteiger partial charge in [-0.05, 0) is 36.2 Å². The maximum absolute atomic E-state index is 12.0. The second-order valence-electron chi connectivity index (χ2n) is 5.93. The van der Waals surface area contributed by atoms with E-state index in [9.17, 15) is 4.79 Å². The Hall–Kier alpha value is -2.86. The standard InChI is InChI=1S/C20H20ClN3O3/c1-26-15-6-4-5-14(13-15)11-12-22-18(25)9-10-19-23-24-20(27-19)16-7-2-3-8-17(16)21/h2-8,13H,9-12H2,1H3,(H,22,25). The summed E-state index contributed by atoms with van der Waals surface area (Å²) in [5.74, 6) is 1.52. The van der Waals surface area contributed by atoms with E-state index in [4.69, 9.17) is 20.8 Å². The van der Waals surface area contributed by atoms with Gasteiger partial charge in [-0.1, -0.05) is 35.9 Å². The molecule has 0 saturated heterocycles. The molecule has 27 heavy (non-hydrogen) atoms. The number of aryl methyl sites for hydroxylation is 1. The SMILES string of the molecule is COc1cccc(CCNC(=O)CCc2nnc(-c3ccccc3Cl)o2)c1. The van der Waals surface area contributed by atoms with E-state index in [0.717, 1.165) is 17.7 Å². The van der Waals surface area contributed by atoms with Crippen molar-refractivity contribution in [2.24, 2.45) is 0 Å². The predicted molar refractivity (Wildman–Crippen MR) is 103 cm³/mol. The lowest BCUT2D eigenvalue weighted by molar-refractivity contribution is -0.121. The lowest BCUT2D eigenvalue weighted by Gasteiger charge is -2.06. The fraction of sp³-hybridized carbons (Fsp3) is 0.250. The van der Waals surface area contributed by atoms with Crippen molar-refractivity contribution in [3.63, 3.8) is 0 Å². The summed E-state index contributed by atoms with van der Waals surface area (Å²) in [6.07, 6.45) is 1.39. The van der Waals surface area contributed by atoms with Crippen LogP contribution in [-0.4, -0.2) is 29.8 Å². The van der Waals surface area contributed by atoms with Gasteiger partial charge >= 0.3 is 0 Å². The van der Waals surface area contributed by atoms with Crippen molar-refractivity contribution in [1.29, 1.82) is 0 Å². The highest BCUT2D eigenvalue weighted by molar-refractivity contribution is 6.33. The Balaban J connectivity index is 1.45. The molecule has 1 aromatic heterocycles. The van der Waals surface area contributed by atoms with Gasteiger partial charge < -0.3 is 14.5 Å². The molecule has 0 bridgehead atoms. The van der Waals surface area contributed by atoms with Crippen LogP contribution >= 0.6 is 11.6 Å². The Kier molecular flexibility index (Phi) is 6.44. The molecule has 140 valence electrons. The summed E-state index contributed by atoms with van der Waals surface area (Å²) in [6.45, 7) is 0.556. The van der Waals surface area contributed by atoms with Crippen molar-refractivity contribution in [2.75, 3.05) is 13.7 Å². The number of nitrogens with zero attached hydrogens (tertiary/aromatic N) is 2. The molecule has 6 nitrogen and oxygen atoms in total. The van der Waals surface area contributed by atoms with Gasteiger partial charge in [-0.3, -0.25) is 4.79 Å². The van der Waals surface area contributed by atoms with Crippen LogP contribution in [0, 0.1) is 0 Å². The van der Waals surface area contributed by atoms with Crippen LogP contribution in [0.25, 0.3) is 11.5 Å². The van der Waals surface area contributed by atoms with Crippen LogP contribution in [0.4, 0.5) is 0 Å². The molecule has 3 rings (SSSR count). The highest BCUT2D eigenvalue weighted by atomic mass is 35.5. The van der Waals surface area contributed by atoms with Gasteiger partial charge in [0.2, 0.25) is 17.7 Å². The molecular weight excluding hydrogens is 366 g/mol. The van der Waals surface area contributed by atoms with Gasteiger partial charge in [-0.2, -0.15) is 0 Å². The van der Waals surface area contributed by atoms with Crippen molar-refractivity contribution in [3.05, 3.63) is 65.0 Å². The first-order chi connectivity index (χ1) is 13.2. The zero-order valence-corrected chi connectivity index (χ0v) is 15.7. The molecule has 0 saturated carbocycles. The number of hydrogen-bond donors (Lipinski definition) is 1. The maximum Gasteiger partial charge on any atom is 0.249 e. The zero-order valence-electron chi connectivity index (χ0n) is 14.9. The smallest absolute Gasteiger partial charge is 0.249 e. The number of rotatable bonds is 8. The molecule has 3 aromatic rings. The van der Waals surface area contributed by atoms with E-state index in [1.165, 1.54) is 0 Å². The van der Waals surface area contributed by atoms with Gasteiger partial charge in [-0.15, -0.1) is 10.2 Å². The average Bonchev–Trinajstić information content (AvgIpc) is 3.16. The normalized spacial score (nSPS) is 10.6. The number of ether oxygens (including phenoxy) is 1. The summed E-state index contributed by atoms with van der Waals surface area (Å²) < 4.78 is 10.8. The first kappa shape index (κ1) is 18.9. The topological polar surface area (TPSA) is 77.2 Å². The van der Waals surface area contributed by atoms with E-state index < -0.39 is 0 Å². The van der Waals surface area contributed by atoms with Crippen LogP contribution in [0.2, 0.25) is 5.02 Å². The van der Waals surface area contributed by atoms with E-state index in [-0.39, 0.29) is 12.3 Å². The number of nitrogens with one attached hydrogen (secondary N) is 1. The second-order valence-corrected chi connectivity index (χ2v) is 6.34. The van der Waals surface area contributed by atoms with Crippen molar-refractivity contribution in [1.82, 2.24) is 15.5 Å². The third-order valence-electron chi connectivity index (χ3n) is 4.01. The Morgan fingerprint density at radius 2 is 2.00 bits per heavy atom. The third kappa shape index (κ3) is 5.31. The number of amides is 1. The molecule has 0 fully saturated rings.